The normalized spacial score (nSPS) is 16.4. The van der Waals surface area contributed by atoms with Gasteiger partial charge in [-0.05, 0) is 48.7 Å². The van der Waals surface area contributed by atoms with Crippen molar-refractivity contribution >= 4 is 21.8 Å². The van der Waals surface area contributed by atoms with Crippen LogP contribution in [-0.4, -0.2) is 31.1 Å². The maximum Gasteiger partial charge on any atom is 0.416 e. The van der Waals surface area contributed by atoms with E-state index in [1.165, 1.54) is 31.2 Å². The van der Waals surface area contributed by atoms with Crippen LogP contribution in [0.4, 0.5) is 13.2 Å². The minimum Gasteiger partial charge on any atom is -0.345 e. The largest absolute Gasteiger partial charge is 0.416 e. The van der Waals surface area contributed by atoms with Gasteiger partial charge in [0.15, 0.2) is 0 Å². The molecule has 1 aliphatic heterocycles. The molecule has 2 aromatic carbocycles. The molecule has 1 heterocycles. The van der Waals surface area contributed by atoms with Gasteiger partial charge in [0, 0.05) is 12.1 Å². The van der Waals surface area contributed by atoms with E-state index in [2.05, 4.69) is 5.32 Å². The molecule has 0 saturated carbocycles. The Morgan fingerprint density at radius 1 is 1.13 bits per heavy atom. The molecule has 0 aromatic heterocycles. The Morgan fingerprint density at radius 3 is 2.39 bits per heavy atom. The molecular formula is C21H21F3N2O4S. The third kappa shape index (κ3) is 4.16. The third-order valence-corrected chi connectivity index (χ3v) is 6.98. The fourth-order valence-electron chi connectivity index (χ4n) is 3.50. The summed E-state index contributed by atoms with van der Waals surface area (Å²) in [5, 5.41) is 2.68. The van der Waals surface area contributed by atoms with Gasteiger partial charge in [-0.15, -0.1) is 0 Å². The summed E-state index contributed by atoms with van der Waals surface area (Å²) in [7, 11) is -4.04. The van der Waals surface area contributed by atoms with Crippen LogP contribution in [0.3, 0.4) is 0 Å². The summed E-state index contributed by atoms with van der Waals surface area (Å²) in [6, 6.07) is 7.67. The SMILES string of the molecule is CCN1C(=O)c2ccc(C(=O)NC(c3cccc(C(F)(F)F)c3)C(C)C)cc2S1(=O)=O. The first kappa shape index (κ1) is 22.8. The summed E-state index contributed by atoms with van der Waals surface area (Å²) in [6.45, 7) is 4.98. The third-order valence-electron chi connectivity index (χ3n) is 5.08. The van der Waals surface area contributed by atoms with Crippen LogP contribution in [0, 0.1) is 5.92 Å². The number of nitrogens with zero attached hydrogens (tertiary/aromatic N) is 1. The summed E-state index contributed by atoms with van der Waals surface area (Å²) in [6.07, 6.45) is -4.52. The van der Waals surface area contributed by atoms with Crippen LogP contribution in [-0.2, 0) is 16.2 Å². The number of carbonyl (C=O) groups is 2. The summed E-state index contributed by atoms with van der Waals surface area (Å²) < 4.78 is 65.1. The highest BCUT2D eigenvalue weighted by atomic mass is 32.2. The first-order valence-corrected chi connectivity index (χ1v) is 11.0. The van der Waals surface area contributed by atoms with Gasteiger partial charge in [0.1, 0.15) is 4.90 Å². The Bertz CT molecular complexity index is 1140. The Labute approximate surface area is 178 Å². The van der Waals surface area contributed by atoms with E-state index in [1.54, 1.807) is 13.8 Å². The Morgan fingerprint density at radius 2 is 1.81 bits per heavy atom. The van der Waals surface area contributed by atoms with Gasteiger partial charge in [0.05, 0.1) is 17.2 Å². The van der Waals surface area contributed by atoms with E-state index in [9.17, 15) is 31.2 Å². The minimum atomic E-state index is -4.52. The molecule has 1 atom stereocenters. The standard InChI is InChI=1S/C21H21F3N2O4S/c1-4-26-20(28)16-9-8-14(11-17(16)31(26,29)30)19(27)25-18(12(2)3)13-6-5-7-15(10-13)21(22,23)24/h5-12,18H,4H2,1-3H3,(H,25,27). The van der Waals surface area contributed by atoms with Gasteiger partial charge in [-0.25, -0.2) is 12.7 Å². The zero-order valence-electron chi connectivity index (χ0n) is 17.0. The summed E-state index contributed by atoms with van der Waals surface area (Å²) in [5.74, 6) is -1.56. The number of sulfonamides is 1. The van der Waals surface area contributed by atoms with Crippen molar-refractivity contribution in [2.75, 3.05) is 6.54 Å². The van der Waals surface area contributed by atoms with Crippen LogP contribution in [0.1, 0.15) is 58.7 Å². The van der Waals surface area contributed by atoms with E-state index in [4.69, 9.17) is 0 Å². The Hall–Kier alpha value is -2.88. The molecule has 0 aliphatic carbocycles. The molecule has 10 heteroatoms. The van der Waals surface area contributed by atoms with Gasteiger partial charge in [0.25, 0.3) is 21.8 Å². The molecule has 2 aromatic rings. The lowest BCUT2D eigenvalue weighted by molar-refractivity contribution is -0.137. The number of nitrogens with one attached hydrogen (secondary N) is 1. The van der Waals surface area contributed by atoms with Crippen molar-refractivity contribution in [2.45, 2.75) is 37.9 Å². The summed E-state index contributed by atoms with van der Waals surface area (Å²) in [4.78, 5) is 24.8. The highest BCUT2D eigenvalue weighted by Crippen LogP contribution is 2.33. The van der Waals surface area contributed by atoms with Gasteiger partial charge < -0.3 is 5.32 Å². The van der Waals surface area contributed by atoms with Gasteiger partial charge in [-0.1, -0.05) is 26.0 Å². The molecule has 0 radical (unpaired) electrons. The van der Waals surface area contributed by atoms with Crippen molar-refractivity contribution in [2.24, 2.45) is 5.92 Å². The molecular weight excluding hydrogens is 433 g/mol. The lowest BCUT2D eigenvalue weighted by Gasteiger charge is -2.24. The van der Waals surface area contributed by atoms with Crippen molar-refractivity contribution in [1.29, 1.82) is 0 Å². The molecule has 0 spiro atoms. The van der Waals surface area contributed by atoms with Crippen molar-refractivity contribution in [3.8, 4) is 0 Å². The number of fused-ring (bicyclic) bond motifs is 1. The molecule has 3 rings (SSSR count). The fraction of sp³-hybridized carbons (Fsp3) is 0.333. The second kappa shape index (κ2) is 7.99. The molecule has 2 amide bonds. The molecule has 166 valence electrons. The van der Waals surface area contributed by atoms with E-state index < -0.39 is 39.6 Å². The second-order valence-electron chi connectivity index (χ2n) is 7.50. The smallest absolute Gasteiger partial charge is 0.345 e. The average molecular weight is 454 g/mol. The molecule has 1 N–H and O–H groups in total. The van der Waals surface area contributed by atoms with E-state index >= 15 is 0 Å². The maximum absolute atomic E-state index is 13.1. The van der Waals surface area contributed by atoms with Gasteiger partial charge >= 0.3 is 6.18 Å². The topological polar surface area (TPSA) is 83.6 Å². The highest BCUT2D eigenvalue weighted by Gasteiger charge is 2.40. The van der Waals surface area contributed by atoms with Gasteiger partial charge in [0.2, 0.25) is 0 Å². The lowest BCUT2D eigenvalue weighted by atomic mass is 9.94. The Kier molecular flexibility index (Phi) is 5.88. The number of rotatable bonds is 5. The highest BCUT2D eigenvalue weighted by molar-refractivity contribution is 7.90. The maximum atomic E-state index is 13.1. The number of carbonyl (C=O) groups excluding carboxylic acids is 2. The van der Waals surface area contributed by atoms with Crippen molar-refractivity contribution in [3.05, 3.63) is 64.7 Å². The molecule has 0 fully saturated rings. The van der Waals surface area contributed by atoms with Crippen molar-refractivity contribution in [3.63, 3.8) is 0 Å². The van der Waals surface area contributed by atoms with E-state index in [0.29, 0.717) is 0 Å². The quantitative estimate of drug-likeness (QED) is 0.740. The van der Waals surface area contributed by atoms with Crippen molar-refractivity contribution in [1.82, 2.24) is 9.62 Å². The first-order valence-electron chi connectivity index (χ1n) is 9.57. The minimum absolute atomic E-state index is 0.00861. The first-order chi connectivity index (χ1) is 14.4. The number of alkyl halides is 3. The zero-order valence-corrected chi connectivity index (χ0v) is 17.8. The van der Waals surface area contributed by atoms with Crippen LogP contribution < -0.4 is 5.32 Å². The molecule has 1 aliphatic rings. The van der Waals surface area contributed by atoms with E-state index in [0.717, 1.165) is 22.5 Å². The van der Waals surface area contributed by atoms with Crippen LogP contribution in [0.5, 0.6) is 0 Å². The average Bonchev–Trinajstić information content (AvgIpc) is 2.89. The fourth-order valence-corrected chi connectivity index (χ4v) is 5.10. The van der Waals surface area contributed by atoms with E-state index in [-0.39, 0.29) is 34.0 Å². The number of hydrogen-bond donors (Lipinski definition) is 1. The molecule has 0 saturated heterocycles. The number of amides is 2. The molecule has 31 heavy (non-hydrogen) atoms. The lowest BCUT2D eigenvalue weighted by Crippen LogP contribution is -2.32. The Balaban J connectivity index is 1.93. The number of hydrogen-bond acceptors (Lipinski definition) is 4. The van der Waals surface area contributed by atoms with Gasteiger partial charge in [-0.3, -0.25) is 9.59 Å². The predicted molar refractivity (Wildman–Crippen MR) is 107 cm³/mol. The predicted octanol–water partition coefficient (Wildman–Crippen LogP) is 4.00. The second-order valence-corrected chi connectivity index (χ2v) is 9.33. The van der Waals surface area contributed by atoms with Crippen LogP contribution in [0.25, 0.3) is 0 Å². The van der Waals surface area contributed by atoms with Crippen molar-refractivity contribution < 1.29 is 31.2 Å². The van der Waals surface area contributed by atoms with E-state index in [1.807, 2.05) is 0 Å². The summed E-state index contributed by atoms with van der Waals surface area (Å²) in [5.41, 5.74) is -0.576. The van der Waals surface area contributed by atoms with Crippen LogP contribution in [0.15, 0.2) is 47.4 Å². The molecule has 1 unspecified atom stereocenters. The van der Waals surface area contributed by atoms with Gasteiger partial charge in [-0.2, -0.15) is 13.2 Å². The molecule has 0 bridgehead atoms. The number of benzene rings is 2. The zero-order chi connectivity index (χ0) is 23.1. The molecule has 6 nitrogen and oxygen atoms in total. The van der Waals surface area contributed by atoms with Crippen LogP contribution >= 0.6 is 0 Å². The summed E-state index contributed by atoms with van der Waals surface area (Å²) >= 11 is 0. The number of halogens is 3. The van der Waals surface area contributed by atoms with Crippen LogP contribution in [0.2, 0.25) is 0 Å². The monoisotopic (exact) mass is 454 g/mol.